The lowest BCUT2D eigenvalue weighted by Gasteiger charge is -2.21. The van der Waals surface area contributed by atoms with Gasteiger partial charge in [0, 0.05) is 43.6 Å². The highest BCUT2D eigenvalue weighted by Gasteiger charge is 2.36. The third-order valence-electron chi connectivity index (χ3n) is 11.3. The van der Waals surface area contributed by atoms with Crippen LogP contribution < -0.4 is 0 Å². The van der Waals surface area contributed by atoms with E-state index in [1.54, 1.807) is 0 Å². The average molecular weight is 637 g/mol. The lowest BCUT2D eigenvalue weighted by molar-refractivity contribution is 0.661. The van der Waals surface area contributed by atoms with Crippen LogP contribution in [0, 0.1) is 0 Å². The number of rotatable bonds is 2. The minimum Gasteiger partial charge on any atom is -0.309 e. The molecule has 2 nitrogen and oxygen atoms in total. The van der Waals surface area contributed by atoms with E-state index >= 15 is 0 Å². The Labute approximate surface area is 289 Å². The molecule has 10 aromatic rings. The van der Waals surface area contributed by atoms with Crippen molar-refractivity contribution < 1.29 is 0 Å². The number of para-hydroxylation sites is 2. The molecule has 0 amide bonds. The molecule has 0 atom stereocenters. The van der Waals surface area contributed by atoms with Gasteiger partial charge >= 0.3 is 0 Å². The Kier molecular flexibility index (Phi) is 5.48. The molecule has 0 aliphatic heterocycles. The molecular weight excluding hydrogens is 605 g/mol. The summed E-state index contributed by atoms with van der Waals surface area (Å²) in [5.74, 6) is 0. The summed E-state index contributed by atoms with van der Waals surface area (Å²) in [4.78, 5) is 5.46. The van der Waals surface area contributed by atoms with Crippen LogP contribution in [0.5, 0.6) is 0 Å². The van der Waals surface area contributed by atoms with Gasteiger partial charge in [-0.1, -0.05) is 135 Å². The van der Waals surface area contributed by atoms with Gasteiger partial charge in [-0.15, -0.1) is 0 Å². The Hall–Kier alpha value is -6.25. The molecule has 8 aromatic carbocycles. The molecule has 234 valence electrons. The zero-order valence-electron chi connectivity index (χ0n) is 27.9. The van der Waals surface area contributed by atoms with E-state index < -0.39 is 0 Å². The van der Waals surface area contributed by atoms with Gasteiger partial charge in [-0.3, -0.25) is 0 Å². The SMILES string of the molecule is CC1(C)c2ccccc2-c2cc3c(cc21)c1ccccc1n3-c1cccc(-c2nc3ccccc3c3c4ccccc4c4ccccc4c23)c1. The molecule has 0 radical (unpaired) electrons. The van der Waals surface area contributed by atoms with E-state index in [0.717, 1.165) is 22.5 Å². The van der Waals surface area contributed by atoms with Gasteiger partial charge in [0.05, 0.1) is 22.2 Å². The Bertz CT molecular complexity index is 3070. The summed E-state index contributed by atoms with van der Waals surface area (Å²) in [6.45, 7) is 4.72. The molecule has 0 bridgehead atoms. The molecule has 0 saturated carbocycles. The Morgan fingerprint density at radius 3 is 1.88 bits per heavy atom. The number of pyridine rings is 1. The van der Waals surface area contributed by atoms with E-state index in [1.165, 1.54) is 81.8 Å². The molecule has 1 aliphatic rings. The molecule has 2 aromatic heterocycles. The predicted octanol–water partition coefficient (Wildman–Crippen LogP) is 12.8. The van der Waals surface area contributed by atoms with Gasteiger partial charge in [-0.2, -0.15) is 0 Å². The second-order valence-electron chi connectivity index (χ2n) is 14.3. The quantitative estimate of drug-likeness (QED) is 0.173. The van der Waals surface area contributed by atoms with E-state index in [1.807, 2.05) is 0 Å². The first-order chi connectivity index (χ1) is 24.6. The van der Waals surface area contributed by atoms with Gasteiger partial charge in [-0.25, -0.2) is 4.98 Å². The molecule has 11 rings (SSSR count). The number of fused-ring (bicyclic) bond motifs is 14. The van der Waals surface area contributed by atoms with Gasteiger partial charge < -0.3 is 4.57 Å². The lowest BCUT2D eigenvalue weighted by atomic mass is 9.82. The third-order valence-corrected chi connectivity index (χ3v) is 11.3. The topological polar surface area (TPSA) is 17.8 Å². The number of benzene rings is 8. The van der Waals surface area contributed by atoms with Crippen molar-refractivity contribution in [2.75, 3.05) is 0 Å². The first-order valence-corrected chi connectivity index (χ1v) is 17.5. The molecule has 50 heavy (non-hydrogen) atoms. The zero-order valence-corrected chi connectivity index (χ0v) is 27.9. The second kappa shape index (κ2) is 9.90. The highest BCUT2D eigenvalue weighted by Crippen LogP contribution is 2.51. The fourth-order valence-electron chi connectivity index (χ4n) is 9.07. The molecule has 0 fully saturated rings. The Balaban J connectivity index is 1.23. The fraction of sp³-hybridized carbons (Fsp3) is 0.0625. The molecule has 2 heteroatoms. The van der Waals surface area contributed by atoms with Crippen molar-refractivity contribution >= 4 is 65.0 Å². The van der Waals surface area contributed by atoms with Crippen LogP contribution in [0.1, 0.15) is 25.0 Å². The summed E-state index contributed by atoms with van der Waals surface area (Å²) in [5.41, 5.74) is 12.1. The van der Waals surface area contributed by atoms with Crippen LogP contribution in [0.15, 0.2) is 158 Å². The third kappa shape index (κ3) is 3.60. The van der Waals surface area contributed by atoms with Gasteiger partial charge in [0.15, 0.2) is 0 Å². The normalized spacial score (nSPS) is 13.6. The van der Waals surface area contributed by atoms with Gasteiger partial charge in [0.2, 0.25) is 0 Å². The molecule has 1 aliphatic carbocycles. The summed E-state index contributed by atoms with van der Waals surface area (Å²) < 4.78 is 2.46. The summed E-state index contributed by atoms with van der Waals surface area (Å²) in [6, 6.07) is 57.9. The summed E-state index contributed by atoms with van der Waals surface area (Å²) in [6.07, 6.45) is 0. The van der Waals surface area contributed by atoms with Gasteiger partial charge in [0.25, 0.3) is 0 Å². The van der Waals surface area contributed by atoms with Crippen LogP contribution >= 0.6 is 0 Å². The van der Waals surface area contributed by atoms with Crippen LogP contribution in [-0.4, -0.2) is 9.55 Å². The van der Waals surface area contributed by atoms with Crippen LogP contribution in [0.3, 0.4) is 0 Å². The lowest BCUT2D eigenvalue weighted by Crippen LogP contribution is -2.14. The average Bonchev–Trinajstić information content (AvgIpc) is 3.61. The first-order valence-electron chi connectivity index (χ1n) is 17.5. The Morgan fingerprint density at radius 1 is 0.440 bits per heavy atom. The second-order valence-corrected chi connectivity index (χ2v) is 14.3. The minimum absolute atomic E-state index is 0.0566. The van der Waals surface area contributed by atoms with E-state index in [2.05, 4.69) is 176 Å². The van der Waals surface area contributed by atoms with E-state index in [0.29, 0.717) is 0 Å². The standard InChI is InChI=1S/C48H32N2/c1-48(2)40-23-10-7-18-33(40)38-28-44-39(27-41(38)48)34-19-9-12-25-43(34)50(44)30-15-13-14-29(26-30)47-46-36-21-6-4-17-32(36)31-16-3-5-20-35(31)45(46)37-22-8-11-24-42(37)49-47/h3-28H,1-2H3. The van der Waals surface area contributed by atoms with Crippen molar-refractivity contribution in [1.82, 2.24) is 9.55 Å². The van der Waals surface area contributed by atoms with Crippen LogP contribution in [0.4, 0.5) is 0 Å². The fourth-order valence-corrected chi connectivity index (χ4v) is 9.07. The van der Waals surface area contributed by atoms with Crippen molar-refractivity contribution in [2.24, 2.45) is 0 Å². The maximum absolute atomic E-state index is 5.46. The summed E-state index contributed by atoms with van der Waals surface area (Å²) in [5, 5.41) is 11.2. The van der Waals surface area contributed by atoms with Crippen LogP contribution in [0.2, 0.25) is 0 Å². The van der Waals surface area contributed by atoms with Gasteiger partial charge in [0.1, 0.15) is 0 Å². The number of hydrogen-bond donors (Lipinski definition) is 0. The maximum Gasteiger partial charge on any atom is 0.0795 e. The highest BCUT2D eigenvalue weighted by molar-refractivity contribution is 6.33. The van der Waals surface area contributed by atoms with Crippen molar-refractivity contribution in [3.8, 4) is 28.1 Å². The largest absolute Gasteiger partial charge is 0.309 e. The van der Waals surface area contributed by atoms with Crippen molar-refractivity contribution in [2.45, 2.75) is 19.3 Å². The number of hydrogen-bond acceptors (Lipinski definition) is 1. The van der Waals surface area contributed by atoms with E-state index in [-0.39, 0.29) is 5.41 Å². The van der Waals surface area contributed by atoms with Crippen molar-refractivity contribution in [3.05, 3.63) is 169 Å². The van der Waals surface area contributed by atoms with Gasteiger partial charge in [-0.05, 0) is 80.2 Å². The predicted molar refractivity (Wildman–Crippen MR) is 212 cm³/mol. The molecule has 0 saturated heterocycles. The molecule has 2 heterocycles. The van der Waals surface area contributed by atoms with Crippen molar-refractivity contribution in [1.29, 1.82) is 0 Å². The number of aromatic nitrogens is 2. The molecule has 0 unspecified atom stereocenters. The maximum atomic E-state index is 5.46. The Morgan fingerprint density at radius 2 is 1.08 bits per heavy atom. The summed E-state index contributed by atoms with van der Waals surface area (Å²) in [7, 11) is 0. The van der Waals surface area contributed by atoms with Crippen molar-refractivity contribution in [3.63, 3.8) is 0 Å². The summed E-state index contributed by atoms with van der Waals surface area (Å²) >= 11 is 0. The van der Waals surface area contributed by atoms with E-state index in [4.69, 9.17) is 4.98 Å². The molecular formula is C48H32N2. The number of nitrogens with zero attached hydrogens (tertiary/aromatic N) is 2. The van der Waals surface area contributed by atoms with Crippen LogP contribution in [-0.2, 0) is 5.41 Å². The molecule has 0 N–H and O–H groups in total. The van der Waals surface area contributed by atoms with Crippen LogP contribution in [0.25, 0.3) is 93.1 Å². The first kappa shape index (κ1) is 27.7. The molecule has 0 spiro atoms. The minimum atomic E-state index is -0.0566. The monoisotopic (exact) mass is 636 g/mol. The zero-order chi connectivity index (χ0) is 33.1. The van der Waals surface area contributed by atoms with E-state index in [9.17, 15) is 0 Å². The smallest absolute Gasteiger partial charge is 0.0795 e. The highest BCUT2D eigenvalue weighted by atomic mass is 15.0.